The first-order valence-corrected chi connectivity index (χ1v) is 10.8. The van der Waals surface area contributed by atoms with Crippen molar-refractivity contribution >= 4 is 17.7 Å². The van der Waals surface area contributed by atoms with Crippen LogP contribution in [0.25, 0.3) is 0 Å². The Morgan fingerprint density at radius 1 is 1.00 bits per heavy atom. The van der Waals surface area contributed by atoms with E-state index in [1.54, 1.807) is 18.9 Å². The summed E-state index contributed by atoms with van der Waals surface area (Å²) in [6.45, 7) is 0. The molecular formula is C24H22N4O2S. The number of nitrogens with zero attached hydrogens (tertiary/aromatic N) is 2. The van der Waals surface area contributed by atoms with E-state index in [0.717, 1.165) is 33.3 Å². The second kappa shape index (κ2) is 9.95. The molecule has 6 nitrogen and oxygen atoms in total. The van der Waals surface area contributed by atoms with Crippen LogP contribution in [-0.2, 0) is 5.75 Å². The third kappa shape index (κ3) is 5.32. The molecule has 7 heteroatoms. The Labute approximate surface area is 185 Å². The van der Waals surface area contributed by atoms with E-state index in [0.29, 0.717) is 5.56 Å². The predicted molar refractivity (Wildman–Crippen MR) is 121 cm³/mol. The molecule has 1 amide bonds. The van der Waals surface area contributed by atoms with Crippen LogP contribution in [-0.4, -0.2) is 28.2 Å². The summed E-state index contributed by atoms with van der Waals surface area (Å²) < 4.78 is 5.26. The number of aromatic nitrogens is 3. The minimum atomic E-state index is -0.263. The lowest BCUT2D eigenvalue weighted by Gasteiger charge is -2.20. The molecule has 0 radical (unpaired) electrons. The van der Waals surface area contributed by atoms with Crippen molar-refractivity contribution in [1.29, 1.82) is 0 Å². The molecule has 0 bridgehead atoms. The first-order chi connectivity index (χ1) is 15.2. The first-order valence-electron chi connectivity index (χ1n) is 9.80. The SMILES string of the molecule is COc1ccc(C(NC(=O)c2ccc(CSc3ncn[nH]3)cc2)c2ccccc2)cc1. The fourth-order valence-electron chi connectivity index (χ4n) is 3.18. The second-order valence-corrected chi connectivity index (χ2v) is 7.83. The molecule has 0 saturated heterocycles. The van der Waals surface area contributed by atoms with Crippen molar-refractivity contribution in [1.82, 2.24) is 20.5 Å². The van der Waals surface area contributed by atoms with Gasteiger partial charge in [0, 0.05) is 11.3 Å². The Morgan fingerprint density at radius 3 is 2.35 bits per heavy atom. The molecular weight excluding hydrogens is 408 g/mol. The Hall–Kier alpha value is -3.58. The van der Waals surface area contributed by atoms with Gasteiger partial charge in [0.1, 0.15) is 12.1 Å². The molecule has 1 heterocycles. The molecule has 0 spiro atoms. The van der Waals surface area contributed by atoms with Crippen molar-refractivity contribution < 1.29 is 9.53 Å². The van der Waals surface area contributed by atoms with Gasteiger partial charge in [0.2, 0.25) is 0 Å². The first kappa shape index (κ1) is 20.7. The maximum Gasteiger partial charge on any atom is 0.252 e. The summed E-state index contributed by atoms with van der Waals surface area (Å²) in [5.41, 5.74) is 3.72. The number of nitrogens with one attached hydrogen (secondary N) is 2. The Bertz CT molecular complexity index is 1100. The smallest absolute Gasteiger partial charge is 0.252 e. The number of benzene rings is 3. The van der Waals surface area contributed by atoms with Gasteiger partial charge in [0.15, 0.2) is 5.16 Å². The number of methoxy groups -OCH3 is 1. The van der Waals surface area contributed by atoms with Gasteiger partial charge in [-0.1, -0.05) is 66.4 Å². The molecule has 1 aromatic heterocycles. The molecule has 3 aromatic carbocycles. The average Bonchev–Trinajstić information content (AvgIpc) is 3.36. The normalized spacial score (nSPS) is 11.6. The highest BCUT2D eigenvalue weighted by atomic mass is 32.2. The van der Waals surface area contributed by atoms with E-state index < -0.39 is 0 Å². The number of thioether (sulfide) groups is 1. The van der Waals surface area contributed by atoms with E-state index in [9.17, 15) is 4.79 Å². The van der Waals surface area contributed by atoms with E-state index in [1.807, 2.05) is 78.9 Å². The summed E-state index contributed by atoms with van der Waals surface area (Å²) in [6, 6.07) is 25.0. The summed E-state index contributed by atoms with van der Waals surface area (Å²) in [7, 11) is 1.64. The highest BCUT2D eigenvalue weighted by molar-refractivity contribution is 7.98. The number of hydrogen-bond donors (Lipinski definition) is 2. The number of carbonyl (C=O) groups is 1. The van der Waals surface area contributed by atoms with E-state index in [4.69, 9.17) is 4.74 Å². The monoisotopic (exact) mass is 430 g/mol. The van der Waals surface area contributed by atoms with Gasteiger partial charge in [-0.3, -0.25) is 9.89 Å². The molecule has 0 saturated carbocycles. The van der Waals surface area contributed by atoms with Gasteiger partial charge in [-0.2, -0.15) is 5.10 Å². The molecule has 31 heavy (non-hydrogen) atoms. The molecule has 0 aliphatic heterocycles. The van der Waals surface area contributed by atoms with E-state index >= 15 is 0 Å². The second-order valence-electron chi connectivity index (χ2n) is 6.87. The zero-order chi connectivity index (χ0) is 21.5. The number of hydrogen-bond acceptors (Lipinski definition) is 5. The molecule has 1 atom stereocenters. The van der Waals surface area contributed by atoms with Crippen LogP contribution >= 0.6 is 11.8 Å². The fraction of sp³-hybridized carbons (Fsp3) is 0.125. The molecule has 0 aliphatic carbocycles. The van der Waals surface area contributed by atoms with Crippen LogP contribution < -0.4 is 10.1 Å². The van der Waals surface area contributed by atoms with Crippen molar-refractivity contribution in [2.45, 2.75) is 17.0 Å². The van der Waals surface area contributed by atoms with Crippen LogP contribution in [0.1, 0.15) is 33.1 Å². The number of H-pyrrole nitrogens is 1. The van der Waals surface area contributed by atoms with Crippen LogP contribution in [0.5, 0.6) is 5.75 Å². The standard InChI is InChI=1S/C24H22N4O2S/c1-30-21-13-11-19(12-14-21)22(18-5-3-2-4-6-18)27-23(29)20-9-7-17(8-10-20)15-31-24-25-16-26-28-24/h2-14,16,22H,15H2,1H3,(H,27,29)(H,25,26,28). The van der Waals surface area contributed by atoms with E-state index in [2.05, 4.69) is 20.5 Å². The van der Waals surface area contributed by atoms with E-state index in [1.165, 1.54) is 6.33 Å². The zero-order valence-electron chi connectivity index (χ0n) is 17.0. The number of amides is 1. The van der Waals surface area contributed by atoms with Crippen molar-refractivity contribution in [2.75, 3.05) is 7.11 Å². The lowest BCUT2D eigenvalue weighted by molar-refractivity contribution is 0.0943. The van der Waals surface area contributed by atoms with Crippen molar-refractivity contribution in [3.63, 3.8) is 0 Å². The molecule has 156 valence electrons. The van der Waals surface area contributed by atoms with Crippen molar-refractivity contribution in [2.24, 2.45) is 0 Å². The van der Waals surface area contributed by atoms with Crippen LogP contribution in [0.2, 0.25) is 0 Å². The summed E-state index contributed by atoms with van der Waals surface area (Å²) in [4.78, 5) is 17.1. The Morgan fingerprint density at radius 2 is 1.71 bits per heavy atom. The van der Waals surface area contributed by atoms with Gasteiger partial charge in [-0.15, -0.1) is 0 Å². The Balaban J connectivity index is 1.49. The van der Waals surface area contributed by atoms with Gasteiger partial charge < -0.3 is 10.1 Å². The summed E-state index contributed by atoms with van der Waals surface area (Å²) >= 11 is 1.56. The van der Waals surface area contributed by atoms with Crippen LogP contribution in [0.15, 0.2) is 90.3 Å². The molecule has 4 aromatic rings. The van der Waals surface area contributed by atoms with Crippen molar-refractivity contribution in [3.05, 3.63) is 107 Å². The third-order valence-corrected chi connectivity index (χ3v) is 5.79. The lowest BCUT2D eigenvalue weighted by Crippen LogP contribution is -2.29. The van der Waals surface area contributed by atoms with Crippen LogP contribution in [0, 0.1) is 0 Å². The number of aromatic amines is 1. The number of rotatable bonds is 8. The summed E-state index contributed by atoms with van der Waals surface area (Å²) in [5.74, 6) is 1.40. The molecule has 1 unspecified atom stereocenters. The third-order valence-electron chi connectivity index (χ3n) is 4.84. The van der Waals surface area contributed by atoms with Gasteiger partial charge in [-0.25, -0.2) is 4.98 Å². The molecule has 2 N–H and O–H groups in total. The summed E-state index contributed by atoms with van der Waals surface area (Å²) in [5, 5.41) is 10.6. The number of carbonyl (C=O) groups excluding carboxylic acids is 1. The molecule has 0 aliphatic rings. The van der Waals surface area contributed by atoms with Gasteiger partial charge >= 0.3 is 0 Å². The minimum absolute atomic E-state index is 0.126. The fourth-order valence-corrected chi connectivity index (χ4v) is 3.92. The highest BCUT2D eigenvalue weighted by Crippen LogP contribution is 2.25. The van der Waals surface area contributed by atoms with Gasteiger partial charge in [0.05, 0.1) is 13.2 Å². The molecule has 0 fully saturated rings. The van der Waals surface area contributed by atoms with Gasteiger partial charge in [-0.05, 0) is 41.0 Å². The largest absolute Gasteiger partial charge is 0.497 e. The average molecular weight is 431 g/mol. The maximum absolute atomic E-state index is 13.0. The van der Waals surface area contributed by atoms with Crippen LogP contribution in [0.3, 0.4) is 0 Å². The number of ether oxygens (including phenoxy) is 1. The molecule has 4 rings (SSSR count). The Kier molecular flexibility index (Phi) is 6.64. The maximum atomic E-state index is 13.0. The van der Waals surface area contributed by atoms with E-state index in [-0.39, 0.29) is 11.9 Å². The quantitative estimate of drug-likeness (QED) is 0.399. The summed E-state index contributed by atoms with van der Waals surface area (Å²) in [6.07, 6.45) is 1.49. The lowest BCUT2D eigenvalue weighted by atomic mass is 9.98. The van der Waals surface area contributed by atoms with Crippen molar-refractivity contribution in [3.8, 4) is 5.75 Å². The van der Waals surface area contributed by atoms with Gasteiger partial charge in [0.25, 0.3) is 5.91 Å². The highest BCUT2D eigenvalue weighted by Gasteiger charge is 2.18. The topological polar surface area (TPSA) is 79.9 Å². The minimum Gasteiger partial charge on any atom is -0.497 e. The van der Waals surface area contributed by atoms with Crippen LogP contribution in [0.4, 0.5) is 0 Å². The predicted octanol–water partition coefficient (Wildman–Crippen LogP) is 4.63. The zero-order valence-corrected chi connectivity index (χ0v) is 17.8.